The molecule has 0 bridgehead atoms. The Bertz CT molecular complexity index is 425. The Labute approximate surface area is 118 Å². The number of piperazine rings is 1. The molecule has 1 N–H and O–H groups in total. The monoisotopic (exact) mass is 260 g/mol. The van der Waals surface area contributed by atoms with Gasteiger partial charge in [-0.3, -0.25) is 4.90 Å². The van der Waals surface area contributed by atoms with Gasteiger partial charge in [0.25, 0.3) is 0 Å². The fraction of sp³-hybridized carbons (Fsp3) is 0.647. The van der Waals surface area contributed by atoms with Gasteiger partial charge in [-0.25, -0.2) is 0 Å². The highest BCUT2D eigenvalue weighted by atomic mass is 15.2. The topological polar surface area (TPSA) is 15.3 Å². The van der Waals surface area contributed by atoms with Gasteiger partial charge >= 0.3 is 0 Å². The Morgan fingerprint density at radius 2 is 2.00 bits per heavy atom. The summed E-state index contributed by atoms with van der Waals surface area (Å²) in [4.78, 5) is 2.65. The lowest BCUT2D eigenvalue weighted by atomic mass is 9.97. The van der Waals surface area contributed by atoms with E-state index in [1.165, 1.54) is 16.7 Å². The van der Waals surface area contributed by atoms with Crippen LogP contribution in [0.3, 0.4) is 0 Å². The number of nitrogens with one attached hydrogen (secondary N) is 1. The van der Waals surface area contributed by atoms with Crippen LogP contribution in [0.4, 0.5) is 0 Å². The molecular formula is C17H28N2. The molecule has 2 nitrogen and oxygen atoms in total. The molecule has 19 heavy (non-hydrogen) atoms. The molecule has 1 fully saturated rings. The van der Waals surface area contributed by atoms with Crippen LogP contribution >= 0.6 is 0 Å². The van der Waals surface area contributed by atoms with Crippen LogP contribution in [0.25, 0.3) is 0 Å². The van der Waals surface area contributed by atoms with Crippen LogP contribution in [-0.4, -0.2) is 30.1 Å². The number of aryl methyl sites for hydroxylation is 2. The third-order valence-electron chi connectivity index (χ3n) is 4.38. The van der Waals surface area contributed by atoms with Crippen LogP contribution in [0, 0.1) is 19.8 Å². The zero-order valence-corrected chi connectivity index (χ0v) is 13.0. The van der Waals surface area contributed by atoms with E-state index in [9.17, 15) is 0 Å². The van der Waals surface area contributed by atoms with Crippen molar-refractivity contribution >= 4 is 0 Å². The normalized spacial score (nSPS) is 24.9. The molecule has 0 amide bonds. The van der Waals surface area contributed by atoms with Crippen molar-refractivity contribution in [2.75, 3.05) is 13.1 Å². The lowest BCUT2D eigenvalue weighted by Gasteiger charge is -2.41. The molecule has 2 rings (SSSR count). The van der Waals surface area contributed by atoms with E-state index in [0.29, 0.717) is 18.0 Å². The summed E-state index contributed by atoms with van der Waals surface area (Å²) in [6, 6.07) is 8.13. The van der Waals surface area contributed by atoms with Crippen LogP contribution in [0.1, 0.15) is 37.5 Å². The van der Waals surface area contributed by atoms with Gasteiger partial charge in [-0.1, -0.05) is 32.0 Å². The maximum Gasteiger partial charge on any atom is 0.0247 e. The quantitative estimate of drug-likeness (QED) is 0.898. The van der Waals surface area contributed by atoms with E-state index in [1.54, 1.807) is 0 Å². The summed E-state index contributed by atoms with van der Waals surface area (Å²) in [5, 5.41) is 3.61. The molecule has 0 saturated carbocycles. The van der Waals surface area contributed by atoms with E-state index < -0.39 is 0 Å². The molecule has 106 valence electrons. The molecule has 2 heteroatoms. The van der Waals surface area contributed by atoms with Crippen LogP contribution in [0.5, 0.6) is 0 Å². The number of hydrogen-bond donors (Lipinski definition) is 1. The van der Waals surface area contributed by atoms with Crippen molar-refractivity contribution in [1.82, 2.24) is 10.2 Å². The zero-order chi connectivity index (χ0) is 14.0. The summed E-state index contributed by atoms with van der Waals surface area (Å²) in [6.07, 6.45) is 0. The van der Waals surface area contributed by atoms with Crippen LogP contribution in [-0.2, 0) is 6.54 Å². The first-order chi connectivity index (χ1) is 8.97. The van der Waals surface area contributed by atoms with Gasteiger partial charge in [-0.15, -0.1) is 0 Å². The van der Waals surface area contributed by atoms with Gasteiger partial charge in [0.1, 0.15) is 0 Å². The van der Waals surface area contributed by atoms with Crippen molar-refractivity contribution in [1.29, 1.82) is 0 Å². The minimum atomic E-state index is 0.599. The molecular weight excluding hydrogens is 232 g/mol. The molecule has 1 aliphatic heterocycles. The summed E-state index contributed by atoms with van der Waals surface area (Å²) in [5.74, 6) is 0.701. The molecule has 1 aliphatic rings. The SMILES string of the molecule is Cc1ccc(CN2CC(C)NCC2C(C)C)cc1C. The highest BCUT2D eigenvalue weighted by molar-refractivity contribution is 5.29. The maximum atomic E-state index is 3.61. The summed E-state index contributed by atoms with van der Waals surface area (Å²) >= 11 is 0. The third kappa shape index (κ3) is 3.58. The number of benzene rings is 1. The molecule has 1 aromatic rings. The summed E-state index contributed by atoms with van der Waals surface area (Å²) in [5.41, 5.74) is 4.24. The molecule has 1 heterocycles. The Kier molecular flexibility index (Phi) is 4.64. The van der Waals surface area contributed by atoms with Gasteiger partial charge in [0, 0.05) is 31.7 Å². The predicted molar refractivity (Wildman–Crippen MR) is 82.4 cm³/mol. The van der Waals surface area contributed by atoms with E-state index in [2.05, 4.69) is 63.0 Å². The molecule has 1 aromatic carbocycles. The second kappa shape index (κ2) is 6.06. The molecule has 0 radical (unpaired) electrons. The van der Waals surface area contributed by atoms with Gasteiger partial charge in [0.05, 0.1) is 0 Å². The van der Waals surface area contributed by atoms with Gasteiger partial charge < -0.3 is 5.32 Å². The Balaban J connectivity index is 2.11. The standard InChI is InChI=1S/C17H28N2/c1-12(2)17-9-18-15(5)10-19(17)11-16-7-6-13(3)14(4)8-16/h6-8,12,15,17-18H,9-11H2,1-5H3. The summed E-state index contributed by atoms with van der Waals surface area (Å²) in [7, 11) is 0. The van der Waals surface area contributed by atoms with Crippen molar-refractivity contribution < 1.29 is 0 Å². The van der Waals surface area contributed by atoms with Gasteiger partial charge in [0.2, 0.25) is 0 Å². The largest absolute Gasteiger partial charge is 0.311 e. The highest BCUT2D eigenvalue weighted by Gasteiger charge is 2.27. The fourth-order valence-corrected chi connectivity index (χ4v) is 2.98. The van der Waals surface area contributed by atoms with Crippen LogP contribution in [0.2, 0.25) is 0 Å². The molecule has 2 unspecified atom stereocenters. The second-order valence-corrected chi connectivity index (χ2v) is 6.47. The zero-order valence-electron chi connectivity index (χ0n) is 13.0. The molecule has 1 saturated heterocycles. The summed E-state index contributed by atoms with van der Waals surface area (Å²) in [6.45, 7) is 14.7. The first-order valence-corrected chi connectivity index (χ1v) is 7.51. The Hall–Kier alpha value is -0.860. The van der Waals surface area contributed by atoms with E-state index >= 15 is 0 Å². The second-order valence-electron chi connectivity index (χ2n) is 6.47. The minimum absolute atomic E-state index is 0.599. The van der Waals surface area contributed by atoms with Gasteiger partial charge in [-0.2, -0.15) is 0 Å². The molecule has 0 aromatic heterocycles. The predicted octanol–water partition coefficient (Wildman–Crippen LogP) is 3.12. The van der Waals surface area contributed by atoms with Crippen LogP contribution in [0.15, 0.2) is 18.2 Å². The number of rotatable bonds is 3. The fourth-order valence-electron chi connectivity index (χ4n) is 2.98. The van der Waals surface area contributed by atoms with E-state index in [0.717, 1.165) is 19.6 Å². The van der Waals surface area contributed by atoms with Crippen molar-refractivity contribution in [2.24, 2.45) is 5.92 Å². The lowest BCUT2D eigenvalue weighted by Crippen LogP contribution is -2.56. The van der Waals surface area contributed by atoms with Crippen molar-refractivity contribution in [2.45, 2.75) is 53.2 Å². The Morgan fingerprint density at radius 1 is 1.26 bits per heavy atom. The minimum Gasteiger partial charge on any atom is -0.311 e. The van der Waals surface area contributed by atoms with Crippen molar-refractivity contribution in [3.05, 3.63) is 34.9 Å². The smallest absolute Gasteiger partial charge is 0.0247 e. The summed E-state index contributed by atoms with van der Waals surface area (Å²) < 4.78 is 0. The van der Waals surface area contributed by atoms with Gasteiger partial charge in [-0.05, 0) is 43.4 Å². The lowest BCUT2D eigenvalue weighted by molar-refractivity contribution is 0.0956. The van der Waals surface area contributed by atoms with E-state index in [1.807, 2.05) is 0 Å². The molecule has 0 aliphatic carbocycles. The van der Waals surface area contributed by atoms with Crippen molar-refractivity contribution in [3.63, 3.8) is 0 Å². The van der Waals surface area contributed by atoms with Crippen LogP contribution < -0.4 is 5.32 Å². The van der Waals surface area contributed by atoms with Crippen molar-refractivity contribution in [3.8, 4) is 0 Å². The average Bonchev–Trinajstić information content (AvgIpc) is 2.33. The molecule has 0 spiro atoms. The average molecular weight is 260 g/mol. The van der Waals surface area contributed by atoms with E-state index in [-0.39, 0.29) is 0 Å². The van der Waals surface area contributed by atoms with E-state index in [4.69, 9.17) is 0 Å². The van der Waals surface area contributed by atoms with Gasteiger partial charge in [0.15, 0.2) is 0 Å². The third-order valence-corrected chi connectivity index (χ3v) is 4.38. The first-order valence-electron chi connectivity index (χ1n) is 7.51. The molecule has 2 atom stereocenters. The number of nitrogens with zero attached hydrogens (tertiary/aromatic N) is 1. The Morgan fingerprint density at radius 3 is 2.63 bits per heavy atom. The maximum absolute atomic E-state index is 3.61. The highest BCUT2D eigenvalue weighted by Crippen LogP contribution is 2.19. The number of hydrogen-bond acceptors (Lipinski definition) is 2. The first kappa shape index (κ1) is 14.5.